The van der Waals surface area contributed by atoms with E-state index < -0.39 is 0 Å². The van der Waals surface area contributed by atoms with Gasteiger partial charge in [0.2, 0.25) is 5.91 Å². The first-order valence-corrected chi connectivity index (χ1v) is 8.18. The van der Waals surface area contributed by atoms with E-state index in [1.165, 1.54) is 24.0 Å². The third kappa shape index (κ3) is 4.07. The fourth-order valence-electron chi connectivity index (χ4n) is 2.86. The lowest BCUT2D eigenvalue weighted by Crippen LogP contribution is -2.46. The van der Waals surface area contributed by atoms with E-state index in [1.807, 2.05) is 25.7 Å². The second kappa shape index (κ2) is 7.08. The van der Waals surface area contributed by atoms with Gasteiger partial charge in [0.1, 0.15) is 0 Å². The lowest BCUT2D eigenvalue weighted by atomic mass is 10.00. The summed E-state index contributed by atoms with van der Waals surface area (Å²) in [6.07, 6.45) is 2.52. The number of aryl methyl sites for hydroxylation is 1. The van der Waals surface area contributed by atoms with Crippen LogP contribution in [-0.4, -0.2) is 29.9 Å². The van der Waals surface area contributed by atoms with Gasteiger partial charge in [-0.25, -0.2) is 0 Å². The van der Waals surface area contributed by atoms with Crippen molar-refractivity contribution in [3.05, 3.63) is 35.4 Å². The Morgan fingerprint density at radius 3 is 2.29 bits per heavy atom. The van der Waals surface area contributed by atoms with E-state index in [9.17, 15) is 4.79 Å². The van der Waals surface area contributed by atoms with Crippen LogP contribution in [0.25, 0.3) is 0 Å². The number of nitrogens with zero attached hydrogens (tertiary/aromatic N) is 1. The second-order valence-corrected chi connectivity index (χ2v) is 6.12. The number of hydrogen-bond donors (Lipinski definition) is 1. The highest BCUT2D eigenvalue weighted by atomic mass is 16.2. The van der Waals surface area contributed by atoms with Crippen molar-refractivity contribution in [3.8, 4) is 0 Å². The molecule has 21 heavy (non-hydrogen) atoms. The molecule has 116 valence electrons. The van der Waals surface area contributed by atoms with Gasteiger partial charge >= 0.3 is 0 Å². The minimum absolute atomic E-state index is 0.128. The number of hydrogen-bond acceptors (Lipinski definition) is 2. The Kier molecular flexibility index (Phi) is 5.40. The highest BCUT2D eigenvalue weighted by Crippen LogP contribution is 2.41. The van der Waals surface area contributed by atoms with Crippen molar-refractivity contribution in [3.63, 3.8) is 0 Å². The van der Waals surface area contributed by atoms with Crippen molar-refractivity contribution in [2.45, 2.75) is 52.6 Å². The van der Waals surface area contributed by atoms with E-state index in [0.29, 0.717) is 12.0 Å². The standard InChI is InChI=1S/C18H28N2O/c1-5-20(6-2)18(21)14(4)19-17(16-11-12-16)15-9-7-13(3)8-10-15/h7-10,14,16-17,19H,5-6,11-12H2,1-4H3. The number of rotatable bonds is 7. The minimum Gasteiger partial charge on any atom is -0.342 e. The molecule has 0 spiro atoms. The van der Waals surface area contributed by atoms with Crippen molar-refractivity contribution in [2.24, 2.45) is 5.92 Å². The Labute approximate surface area is 128 Å². The van der Waals surface area contributed by atoms with Crippen molar-refractivity contribution >= 4 is 5.91 Å². The lowest BCUT2D eigenvalue weighted by Gasteiger charge is -2.27. The van der Waals surface area contributed by atoms with Crippen LogP contribution < -0.4 is 5.32 Å². The maximum Gasteiger partial charge on any atom is 0.239 e. The maximum absolute atomic E-state index is 12.4. The summed E-state index contributed by atoms with van der Waals surface area (Å²) in [5.41, 5.74) is 2.59. The molecule has 1 aliphatic carbocycles. The van der Waals surface area contributed by atoms with Crippen molar-refractivity contribution in [1.29, 1.82) is 0 Å². The summed E-state index contributed by atoms with van der Waals surface area (Å²) in [6, 6.07) is 8.88. The number of amides is 1. The average molecular weight is 288 g/mol. The van der Waals surface area contributed by atoms with Gasteiger partial charge in [-0.05, 0) is 52.0 Å². The first kappa shape index (κ1) is 16.0. The summed E-state index contributed by atoms with van der Waals surface area (Å²) in [5.74, 6) is 0.887. The van der Waals surface area contributed by atoms with Crippen LogP contribution in [0.15, 0.2) is 24.3 Å². The molecule has 1 aromatic carbocycles. The summed E-state index contributed by atoms with van der Waals surface area (Å²) < 4.78 is 0. The molecule has 0 bridgehead atoms. The number of nitrogens with one attached hydrogen (secondary N) is 1. The molecule has 2 unspecified atom stereocenters. The highest BCUT2D eigenvalue weighted by Gasteiger charge is 2.34. The van der Waals surface area contributed by atoms with Crippen LogP contribution >= 0.6 is 0 Å². The Balaban J connectivity index is 2.06. The number of benzene rings is 1. The van der Waals surface area contributed by atoms with Gasteiger partial charge in [-0.1, -0.05) is 29.8 Å². The van der Waals surface area contributed by atoms with E-state index in [4.69, 9.17) is 0 Å². The van der Waals surface area contributed by atoms with E-state index in [1.54, 1.807) is 0 Å². The molecule has 1 N–H and O–H groups in total. The summed E-state index contributed by atoms with van der Waals surface area (Å²) >= 11 is 0. The molecule has 2 atom stereocenters. The van der Waals surface area contributed by atoms with Crippen LogP contribution in [0.5, 0.6) is 0 Å². The van der Waals surface area contributed by atoms with Crippen LogP contribution in [0, 0.1) is 12.8 Å². The summed E-state index contributed by atoms with van der Waals surface area (Å²) in [4.78, 5) is 14.3. The summed E-state index contributed by atoms with van der Waals surface area (Å²) in [6.45, 7) is 9.72. The van der Waals surface area contributed by atoms with Gasteiger partial charge in [0.15, 0.2) is 0 Å². The molecule has 3 nitrogen and oxygen atoms in total. The molecule has 0 saturated heterocycles. The Bertz CT molecular complexity index is 461. The smallest absolute Gasteiger partial charge is 0.239 e. The molecule has 0 radical (unpaired) electrons. The zero-order chi connectivity index (χ0) is 15.4. The molecular weight excluding hydrogens is 260 g/mol. The molecule has 3 heteroatoms. The van der Waals surface area contributed by atoms with Crippen LogP contribution in [0.3, 0.4) is 0 Å². The van der Waals surface area contributed by atoms with Crippen LogP contribution in [-0.2, 0) is 4.79 Å². The number of carbonyl (C=O) groups excluding carboxylic acids is 1. The molecule has 1 aromatic rings. The monoisotopic (exact) mass is 288 g/mol. The largest absolute Gasteiger partial charge is 0.342 e. The number of carbonyl (C=O) groups is 1. The van der Waals surface area contributed by atoms with Crippen LogP contribution in [0.4, 0.5) is 0 Å². The fourth-order valence-corrected chi connectivity index (χ4v) is 2.86. The van der Waals surface area contributed by atoms with E-state index in [0.717, 1.165) is 13.1 Å². The third-order valence-electron chi connectivity index (χ3n) is 4.40. The third-order valence-corrected chi connectivity index (χ3v) is 4.40. The van der Waals surface area contributed by atoms with Gasteiger partial charge in [0.05, 0.1) is 6.04 Å². The molecular formula is C18H28N2O. The van der Waals surface area contributed by atoms with Gasteiger partial charge in [-0.3, -0.25) is 10.1 Å². The van der Waals surface area contributed by atoms with Crippen LogP contribution in [0.2, 0.25) is 0 Å². The van der Waals surface area contributed by atoms with Crippen molar-refractivity contribution in [2.75, 3.05) is 13.1 Å². The fraction of sp³-hybridized carbons (Fsp3) is 0.611. The predicted molar refractivity (Wildman–Crippen MR) is 87.2 cm³/mol. The van der Waals surface area contributed by atoms with E-state index >= 15 is 0 Å². The van der Waals surface area contributed by atoms with Gasteiger partial charge < -0.3 is 4.90 Å². The Hall–Kier alpha value is -1.35. The first-order chi connectivity index (χ1) is 10.1. The molecule has 1 amide bonds. The SMILES string of the molecule is CCN(CC)C(=O)C(C)NC(c1ccc(C)cc1)C1CC1. The highest BCUT2D eigenvalue weighted by molar-refractivity contribution is 5.81. The molecule has 2 rings (SSSR count). The summed E-state index contributed by atoms with van der Waals surface area (Å²) in [7, 11) is 0. The molecule has 0 heterocycles. The zero-order valence-corrected chi connectivity index (χ0v) is 13.7. The second-order valence-electron chi connectivity index (χ2n) is 6.12. The van der Waals surface area contributed by atoms with E-state index in [2.05, 4.69) is 36.5 Å². The minimum atomic E-state index is -0.128. The van der Waals surface area contributed by atoms with E-state index in [-0.39, 0.29) is 11.9 Å². The van der Waals surface area contributed by atoms with Crippen LogP contribution in [0.1, 0.15) is 50.8 Å². The maximum atomic E-state index is 12.4. The first-order valence-electron chi connectivity index (χ1n) is 8.18. The molecule has 1 aliphatic rings. The Morgan fingerprint density at radius 2 is 1.81 bits per heavy atom. The van der Waals surface area contributed by atoms with Gasteiger partial charge in [0.25, 0.3) is 0 Å². The number of likely N-dealkylation sites (N-methyl/N-ethyl adjacent to an activating group) is 1. The topological polar surface area (TPSA) is 32.3 Å². The molecule has 0 aromatic heterocycles. The van der Waals surface area contributed by atoms with Gasteiger partial charge in [0, 0.05) is 19.1 Å². The summed E-state index contributed by atoms with van der Waals surface area (Å²) in [5, 5.41) is 3.57. The normalized spacial score (nSPS) is 17.3. The van der Waals surface area contributed by atoms with Crippen molar-refractivity contribution < 1.29 is 4.79 Å². The van der Waals surface area contributed by atoms with Crippen molar-refractivity contribution in [1.82, 2.24) is 10.2 Å². The Morgan fingerprint density at radius 1 is 1.24 bits per heavy atom. The molecule has 0 aliphatic heterocycles. The zero-order valence-electron chi connectivity index (χ0n) is 13.7. The van der Waals surface area contributed by atoms with Gasteiger partial charge in [-0.15, -0.1) is 0 Å². The van der Waals surface area contributed by atoms with Gasteiger partial charge in [-0.2, -0.15) is 0 Å². The lowest BCUT2D eigenvalue weighted by molar-refractivity contribution is -0.132. The predicted octanol–water partition coefficient (Wildman–Crippen LogP) is 3.29. The quantitative estimate of drug-likeness (QED) is 0.835. The molecule has 1 fully saturated rings. The molecule has 1 saturated carbocycles. The average Bonchev–Trinajstić information content (AvgIpc) is 3.31.